The molecule has 0 aliphatic carbocycles. The molecule has 1 fully saturated rings. The molecule has 2 rings (SSSR count). The van der Waals surface area contributed by atoms with Crippen LogP contribution in [0, 0.1) is 0 Å². The molecule has 1 saturated heterocycles. The van der Waals surface area contributed by atoms with Gasteiger partial charge in [-0.3, -0.25) is 4.98 Å². The van der Waals surface area contributed by atoms with Gasteiger partial charge in [0, 0.05) is 25.3 Å². The van der Waals surface area contributed by atoms with Gasteiger partial charge in [-0.25, -0.2) is 4.98 Å². The van der Waals surface area contributed by atoms with E-state index in [0.29, 0.717) is 11.9 Å². The Kier molecular flexibility index (Phi) is 3.61. The van der Waals surface area contributed by atoms with Gasteiger partial charge in [0.15, 0.2) is 0 Å². The number of nitrogens with zero attached hydrogens (tertiary/aromatic N) is 4. The monoisotopic (exact) mass is 240 g/mol. The van der Waals surface area contributed by atoms with Crippen molar-refractivity contribution in [1.82, 2.24) is 14.9 Å². The molecular weight excluding hydrogens is 224 g/mol. The molecule has 88 valence electrons. The van der Waals surface area contributed by atoms with Crippen molar-refractivity contribution in [3.63, 3.8) is 0 Å². The van der Waals surface area contributed by atoms with Crippen molar-refractivity contribution in [2.75, 3.05) is 32.1 Å². The summed E-state index contributed by atoms with van der Waals surface area (Å²) in [6.07, 6.45) is 4.71. The Hall–Kier alpha value is -0.870. The summed E-state index contributed by atoms with van der Waals surface area (Å²) in [5, 5.41) is 0. The molecule has 2 heterocycles. The number of likely N-dealkylation sites (N-methyl/N-ethyl adjacent to an activating group) is 1. The summed E-state index contributed by atoms with van der Waals surface area (Å²) >= 11 is 5.76. The van der Waals surface area contributed by atoms with Crippen molar-refractivity contribution >= 4 is 17.4 Å². The maximum atomic E-state index is 5.76. The van der Waals surface area contributed by atoms with E-state index in [1.54, 1.807) is 6.20 Å². The van der Waals surface area contributed by atoms with Gasteiger partial charge in [0.2, 0.25) is 0 Å². The van der Waals surface area contributed by atoms with E-state index < -0.39 is 0 Å². The Morgan fingerprint density at radius 1 is 1.50 bits per heavy atom. The van der Waals surface area contributed by atoms with E-state index in [2.05, 4.69) is 33.9 Å². The standard InChI is InChI=1S/C11H17ClN4/c1-15(2)10-3-4-16(8-10)11-7-13-6-9(5-12)14-11/h6-7,10H,3-5,8H2,1-2H3. The van der Waals surface area contributed by atoms with Crippen LogP contribution >= 0.6 is 11.6 Å². The van der Waals surface area contributed by atoms with Gasteiger partial charge in [0.05, 0.1) is 17.8 Å². The molecule has 4 nitrogen and oxygen atoms in total. The van der Waals surface area contributed by atoms with Gasteiger partial charge in [-0.2, -0.15) is 0 Å². The SMILES string of the molecule is CN(C)C1CCN(c2cncc(CCl)n2)C1. The summed E-state index contributed by atoms with van der Waals surface area (Å²) < 4.78 is 0. The van der Waals surface area contributed by atoms with Crippen molar-refractivity contribution in [2.45, 2.75) is 18.3 Å². The summed E-state index contributed by atoms with van der Waals surface area (Å²) in [5.74, 6) is 1.37. The third-order valence-corrected chi connectivity index (χ3v) is 3.30. The normalized spacial score (nSPS) is 20.8. The van der Waals surface area contributed by atoms with Crippen LogP contribution in [0.4, 0.5) is 5.82 Å². The van der Waals surface area contributed by atoms with Crippen LogP contribution in [0.25, 0.3) is 0 Å². The summed E-state index contributed by atoms with van der Waals surface area (Å²) in [6, 6.07) is 0.612. The van der Waals surface area contributed by atoms with Crippen LogP contribution in [0.3, 0.4) is 0 Å². The minimum atomic E-state index is 0.422. The number of rotatable bonds is 3. The van der Waals surface area contributed by atoms with E-state index in [1.165, 1.54) is 6.42 Å². The summed E-state index contributed by atoms with van der Waals surface area (Å²) in [5.41, 5.74) is 0.840. The number of alkyl halides is 1. The van der Waals surface area contributed by atoms with E-state index in [4.69, 9.17) is 11.6 Å². The number of hydrogen-bond donors (Lipinski definition) is 0. The van der Waals surface area contributed by atoms with E-state index in [9.17, 15) is 0 Å². The molecule has 0 N–H and O–H groups in total. The lowest BCUT2D eigenvalue weighted by Crippen LogP contribution is -2.31. The molecule has 1 aliphatic rings. The number of aromatic nitrogens is 2. The summed E-state index contributed by atoms with van der Waals surface area (Å²) in [4.78, 5) is 13.2. The molecule has 5 heteroatoms. The van der Waals surface area contributed by atoms with Crippen LogP contribution in [0.1, 0.15) is 12.1 Å². The molecule has 0 aromatic carbocycles. The average Bonchev–Trinajstić information content (AvgIpc) is 2.78. The molecule has 16 heavy (non-hydrogen) atoms. The zero-order chi connectivity index (χ0) is 11.5. The fourth-order valence-electron chi connectivity index (χ4n) is 1.98. The van der Waals surface area contributed by atoms with Crippen molar-refractivity contribution in [3.8, 4) is 0 Å². The summed E-state index contributed by atoms with van der Waals surface area (Å²) in [6.45, 7) is 2.07. The van der Waals surface area contributed by atoms with Gasteiger partial charge in [-0.1, -0.05) is 0 Å². The smallest absolute Gasteiger partial charge is 0.147 e. The molecule has 1 aliphatic heterocycles. The average molecular weight is 241 g/mol. The lowest BCUT2D eigenvalue weighted by Gasteiger charge is -2.20. The van der Waals surface area contributed by atoms with Crippen LogP contribution in [0.2, 0.25) is 0 Å². The summed E-state index contributed by atoms with van der Waals surface area (Å²) in [7, 11) is 4.24. The quantitative estimate of drug-likeness (QED) is 0.747. The minimum Gasteiger partial charge on any atom is -0.354 e. The highest BCUT2D eigenvalue weighted by atomic mass is 35.5. The van der Waals surface area contributed by atoms with Crippen LogP contribution in [0.15, 0.2) is 12.4 Å². The molecule has 1 aromatic heterocycles. The van der Waals surface area contributed by atoms with Crippen LogP contribution < -0.4 is 4.90 Å². The van der Waals surface area contributed by atoms with Crippen molar-refractivity contribution in [1.29, 1.82) is 0 Å². The third kappa shape index (κ3) is 2.44. The van der Waals surface area contributed by atoms with Crippen LogP contribution in [-0.2, 0) is 5.88 Å². The second-order valence-corrected chi connectivity index (χ2v) is 4.62. The Balaban J connectivity index is 2.08. The molecule has 0 bridgehead atoms. The first-order valence-electron chi connectivity index (χ1n) is 5.49. The first-order valence-corrected chi connectivity index (χ1v) is 6.02. The second kappa shape index (κ2) is 4.97. The largest absolute Gasteiger partial charge is 0.354 e. The highest BCUT2D eigenvalue weighted by molar-refractivity contribution is 6.16. The highest BCUT2D eigenvalue weighted by Gasteiger charge is 2.24. The lowest BCUT2D eigenvalue weighted by molar-refractivity contribution is 0.315. The lowest BCUT2D eigenvalue weighted by atomic mass is 10.2. The number of halogens is 1. The van der Waals surface area contributed by atoms with Gasteiger partial charge in [-0.05, 0) is 20.5 Å². The predicted octanol–water partition coefficient (Wildman–Crippen LogP) is 1.36. The molecule has 1 aromatic rings. The van der Waals surface area contributed by atoms with Gasteiger partial charge in [0.25, 0.3) is 0 Å². The predicted molar refractivity (Wildman–Crippen MR) is 65.9 cm³/mol. The highest BCUT2D eigenvalue weighted by Crippen LogP contribution is 2.19. The van der Waals surface area contributed by atoms with Crippen molar-refractivity contribution in [2.24, 2.45) is 0 Å². The van der Waals surface area contributed by atoms with Gasteiger partial charge in [-0.15, -0.1) is 11.6 Å². The maximum absolute atomic E-state index is 5.76. The molecular formula is C11H17ClN4. The van der Waals surface area contributed by atoms with Crippen molar-refractivity contribution < 1.29 is 0 Å². The van der Waals surface area contributed by atoms with Gasteiger partial charge in [0.1, 0.15) is 5.82 Å². The van der Waals surface area contributed by atoms with E-state index >= 15 is 0 Å². The molecule has 0 amide bonds. The first kappa shape index (κ1) is 11.6. The molecule has 1 atom stereocenters. The third-order valence-electron chi connectivity index (χ3n) is 3.03. The zero-order valence-corrected chi connectivity index (χ0v) is 10.5. The molecule has 0 saturated carbocycles. The Bertz CT molecular complexity index is 356. The maximum Gasteiger partial charge on any atom is 0.147 e. The number of hydrogen-bond acceptors (Lipinski definition) is 4. The van der Waals surface area contributed by atoms with Crippen molar-refractivity contribution in [3.05, 3.63) is 18.1 Å². The Morgan fingerprint density at radius 3 is 2.94 bits per heavy atom. The van der Waals surface area contributed by atoms with E-state index in [-0.39, 0.29) is 0 Å². The molecule has 0 radical (unpaired) electrons. The first-order chi connectivity index (χ1) is 7.70. The van der Waals surface area contributed by atoms with Gasteiger partial charge >= 0.3 is 0 Å². The van der Waals surface area contributed by atoms with E-state index in [0.717, 1.165) is 24.6 Å². The number of anilines is 1. The fourth-order valence-corrected chi connectivity index (χ4v) is 2.11. The fraction of sp³-hybridized carbons (Fsp3) is 0.636. The van der Waals surface area contributed by atoms with Gasteiger partial charge < -0.3 is 9.80 Å². The van der Waals surface area contributed by atoms with E-state index in [1.807, 2.05) is 6.20 Å². The Labute approximate surface area is 101 Å². The Morgan fingerprint density at radius 2 is 2.31 bits per heavy atom. The zero-order valence-electron chi connectivity index (χ0n) is 9.73. The molecule has 0 spiro atoms. The second-order valence-electron chi connectivity index (χ2n) is 4.35. The van der Waals surface area contributed by atoms with Crippen LogP contribution in [0.5, 0.6) is 0 Å². The van der Waals surface area contributed by atoms with Crippen LogP contribution in [-0.4, -0.2) is 48.1 Å². The minimum absolute atomic E-state index is 0.422. The topological polar surface area (TPSA) is 32.3 Å². The molecule has 1 unspecified atom stereocenters.